The van der Waals surface area contributed by atoms with Crippen molar-refractivity contribution in [3.8, 4) is 0 Å². The Kier molecular flexibility index (Phi) is 4.91. The van der Waals surface area contributed by atoms with Crippen LogP contribution in [0.4, 0.5) is 5.69 Å². The number of carbonyl (C=O) groups excluding carboxylic acids is 4. The maximum absolute atomic E-state index is 12.9. The minimum absolute atomic E-state index is 0.127. The number of nitrogens with zero attached hydrogens (tertiary/aromatic N) is 2. The number of nitrogens with one attached hydrogen (secondary N) is 1. The van der Waals surface area contributed by atoms with Crippen LogP contribution in [-0.4, -0.2) is 47.7 Å². The zero-order chi connectivity index (χ0) is 19.8. The van der Waals surface area contributed by atoms with E-state index in [0.717, 1.165) is 42.4 Å². The third kappa shape index (κ3) is 3.19. The molecule has 1 aromatic rings. The highest BCUT2D eigenvalue weighted by Gasteiger charge is 2.44. The molecule has 1 N–H and O–H groups in total. The molecule has 1 atom stereocenters. The summed E-state index contributed by atoms with van der Waals surface area (Å²) in [4.78, 5) is 52.5. The van der Waals surface area contributed by atoms with Gasteiger partial charge in [0.05, 0.1) is 11.1 Å². The van der Waals surface area contributed by atoms with Gasteiger partial charge in [0, 0.05) is 25.2 Å². The molecule has 0 aromatic heterocycles. The summed E-state index contributed by atoms with van der Waals surface area (Å²) >= 11 is 0. The summed E-state index contributed by atoms with van der Waals surface area (Å²) in [6.07, 6.45) is 5.04. The van der Waals surface area contributed by atoms with Gasteiger partial charge in [-0.2, -0.15) is 0 Å². The number of carbonyl (C=O) groups is 4. The molecule has 2 fully saturated rings. The van der Waals surface area contributed by atoms with Crippen LogP contribution in [0, 0.1) is 5.92 Å². The maximum atomic E-state index is 12.9. The molecule has 4 rings (SSSR count). The molecule has 3 heterocycles. The van der Waals surface area contributed by atoms with E-state index in [0.29, 0.717) is 11.1 Å². The summed E-state index contributed by atoms with van der Waals surface area (Å²) in [5.74, 6) is -1.09. The summed E-state index contributed by atoms with van der Waals surface area (Å²) in [5, 5.41) is 2.22. The Bertz CT molecular complexity index is 842. The molecule has 3 aliphatic heterocycles. The van der Waals surface area contributed by atoms with E-state index in [1.165, 1.54) is 12.8 Å². The van der Waals surface area contributed by atoms with Crippen molar-refractivity contribution in [2.24, 2.45) is 5.92 Å². The number of amides is 4. The molecule has 28 heavy (non-hydrogen) atoms. The van der Waals surface area contributed by atoms with Gasteiger partial charge < -0.3 is 4.90 Å². The van der Waals surface area contributed by atoms with Crippen LogP contribution in [0.1, 0.15) is 66.2 Å². The largest absolute Gasteiger partial charge is 0.371 e. The third-order valence-corrected chi connectivity index (χ3v) is 6.10. The molecule has 4 amide bonds. The van der Waals surface area contributed by atoms with Crippen molar-refractivity contribution in [3.63, 3.8) is 0 Å². The third-order valence-electron chi connectivity index (χ3n) is 6.10. The Morgan fingerprint density at radius 3 is 2.39 bits per heavy atom. The van der Waals surface area contributed by atoms with Crippen molar-refractivity contribution in [2.75, 3.05) is 18.0 Å². The number of anilines is 1. The Labute approximate surface area is 164 Å². The van der Waals surface area contributed by atoms with Crippen LogP contribution >= 0.6 is 0 Å². The molecule has 3 aliphatic rings. The van der Waals surface area contributed by atoms with E-state index in [2.05, 4.69) is 17.1 Å². The van der Waals surface area contributed by atoms with E-state index >= 15 is 0 Å². The fraction of sp³-hybridized carbons (Fsp3) is 0.524. The highest BCUT2D eigenvalue weighted by molar-refractivity contribution is 6.23. The number of hydrogen-bond acceptors (Lipinski definition) is 5. The van der Waals surface area contributed by atoms with E-state index in [1.807, 2.05) is 6.07 Å². The summed E-state index contributed by atoms with van der Waals surface area (Å²) in [6, 6.07) is 4.44. The van der Waals surface area contributed by atoms with Gasteiger partial charge in [0.15, 0.2) is 0 Å². The van der Waals surface area contributed by atoms with Crippen LogP contribution < -0.4 is 10.2 Å². The molecule has 7 nitrogen and oxygen atoms in total. The molecule has 0 aliphatic carbocycles. The van der Waals surface area contributed by atoms with Crippen molar-refractivity contribution >= 4 is 29.3 Å². The summed E-state index contributed by atoms with van der Waals surface area (Å²) < 4.78 is 0. The fourth-order valence-corrected chi connectivity index (χ4v) is 4.54. The number of rotatable bonds is 4. The Morgan fingerprint density at radius 1 is 1.00 bits per heavy atom. The maximum Gasteiger partial charge on any atom is 0.262 e. The van der Waals surface area contributed by atoms with Crippen LogP contribution in [-0.2, 0) is 9.59 Å². The number of benzene rings is 1. The molecule has 148 valence electrons. The molecule has 2 saturated heterocycles. The van der Waals surface area contributed by atoms with Gasteiger partial charge in [0.25, 0.3) is 11.8 Å². The molecule has 0 saturated carbocycles. The molecular weight excluding hydrogens is 358 g/mol. The first-order valence-electron chi connectivity index (χ1n) is 10.1. The second kappa shape index (κ2) is 7.37. The molecule has 0 spiro atoms. The van der Waals surface area contributed by atoms with Crippen molar-refractivity contribution in [1.82, 2.24) is 10.2 Å². The number of hydrogen-bond donors (Lipinski definition) is 1. The normalized spacial score (nSPS) is 23.2. The van der Waals surface area contributed by atoms with Crippen molar-refractivity contribution in [3.05, 3.63) is 29.3 Å². The standard InChI is InChI=1S/C21H25N3O4/c1-2-3-13-8-10-23(11-9-13)14-4-5-15-16(12-14)21(28)24(20(15)27)17-6-7-18(25)22-19(17)26/h4-5,12-13,17H,2-3,6-11H2,1H3,(H,22,25,26). The highest BCUT2D eigenvalue weighted by atomic mass is 16.2. The van der Waals surface area contributed by atoms with E-state index in [9.17, 15) is 19.2 Å². The monoisotopic (exact) mass is 383 g/mol. The quantitative estimate of drug-likeness (QED) is 0.805. The second-order valence-corrected chi connectivity index (χ2v) is 7.90. The van der Waals surface area contributed by atoms with Crippen molar-refractivity contribution < 1.29 is 19.2 Å². The average Bonchev–Trinajstić information content (AvgIpc) is 2.93. The fourth-order valence-electron chi connectivity index (χ4n) is 4.54. The summed E-state index contributed by atoms with van der Waals surface area (Å²) in [5.41, 5.74) is 1.63. The van der Waals surface area contributed by atoms with Gasteiger partial charge in [0.2, 0.25) is 11.8 Å². The predicted molar refractivity (Wildman–Crippen MR) is 103 cm³/mol. The minimum atomic E-state index is -0.918. The van der Waals surface area contributed by atoms with Gasteiger partial charge in [0.1, 0.15) is 6.04 Å². The number of piperidine rings is 2. The van der Waals surface area contributed by atoms with E-state index in [4.69, 9.17) is 0 Å². The van der Waals surface area contributed by atoms with Gasteiger partial charge in [-0.15, -0.1) is 0 Å². The van der Waals surface area contributed by atoms with Crippen LogP contribution in [0.5, 0.6) is 0 Å². The average molecular weight is 383 g/mol. The van der Waals surface area contributed by atoms with Crippen LogP contribution in [0.2, 0.25) is 0 Å². The van der Waals surface area contributed by atoms with Gasteiger partial charge in [-0.25, -0.2) is 0 Å². The molecule has 7 heteroatoms. The highest BCUT2D eigenvalue weighted by Crippen LogP contribution is 2.32. The van der Waals surface area contributed by atoms with E-state index in [-0.39, 0.29) is 18.7 Å². The Hall–Kier alpha value is -2.70. The van der Waals surface area contributed by atoms with Gasteiger partial charge in [-0.05, 0) is 43.4 Å². The lowest BCUT2D eigenvalue weighted by molar-refractivity contribution is -0.136. The van der Waals surface area contributed by atoms with Crippen LogP contribution in [0.15, 0.2) is 18.2 Å². The van der Waals surface area contributed by atoms with Crippen LogP contribution in [0.3, 0.4) is 0 Å². The van der Waals surface area contributed by atoms with E-state index in [1.54, 1.807) is 12.1 Å². The molecule has 1 aromatic carbocycles. The van der Waals surface area contributed by atoms with Crippen LogP contribution in [0.25, 0.3) is 0 Å². The van der Waals surface area contributed by atoms with Crippen molar-refractivity contribution in [1.29, 1.82) is 0 Å². The smallest absolute Gasteiger partial charge is 0.262 e. The zero-order valence-electron chi connectivity index (χ0n) is 16.1. The zero-order valence-corrected chi connectivity index (χ0v) is 16.1. The lowest BCUT2D eigenvalue weighted by atomic mass is 9.92. The Morgan fingerprint density at radius 2 is 1.71 bits per heavy atom. The van der Waals surface area contributed by atoms with Crippen molar-refractivity contribution in [2.45, 2.75) is 51.5 Å². The van der Waals surface area contributed by atoms with E-state index < -0.39 is 23.8 Å². The second-order valence-electron chi connectivity index (χ2n) is 7.90. The lowest BCUT2D eigenvalue weighted by Crippen LogP contribution is -2.54. The Balaban J connectivity index is 1.53. The first-order valence-corrected chi connectivity index (χ1v) is 10.1. The first kappa shape index (κ1) is 18.7. The molecule has 0 bridgehead atoms. The predicted octanol–water partition coefficient (Wildman–Crippen LogP) is 2.10. The van der Waals surface area contributed by atoms with Gasteiger partial charge in [-0.1, -0.05) is 19.8 Å². The lowest BCUT2D eigenvalue weighted by Gasteiger charge is -2.33. The molecule has 1 unspecified atom stereocenters. The van der Waals surface area contributed by atoms with Gasteiger partial charge >= 0.3 is 0 Å². The summed E-state index contributed by atoms with van der Waals surface area (Å²) in [7, 11) is 0. The topological polar surface area (TPSA) is 86.8 Å². The number of fused-ring (bicyclic) bond motifs is 1. The molecular formula is C21H25N3O4. The molecule has 0 radical (unpaired) electrons. The summed E-state index contributed by atoms with van der Waals surface area (Å²) in [6.45, 7) is 4.11. The minimum Gasteiger partial charge on any atom is -0.371 e. The first-order chi connectivity index (χ1) is 13.5. The SMILES string of the molecule is CCCC1CCN(c2ccc3c(c2)C(=O)N(C2CCC(=O)NC2=O)C3=O)CC1. The number of imide groups is 2. The van der Waals surface area contributed by atoms with Gasteiger partial charge in [-0.3, -0.25) is 29.4 Å².